The van der Waals surface area contributed by atoms with Crippen molar-refractivity contribution in [2.75, 3.05) is 14.2 Å². The Labute approximate surface area is 265 Å². The quantitative estimate of drug-likeness (QED) is 0.0602. The lowest BCUT2D eigenvalue weighted by molar-refractivity contribution is -0.242. The lowest BCUT2D eigenvalue weighted by atomic mass is 9.79. The average molecular weight is 621 g/mol. The minimum Gasteiger partial charge on any atom is -0.493 e. The minimum atomic E-state index is -1.31. The number of ether oxygens (including phenoxy) is 3. The van der Waals surface area contributed by atoms with Gasteiger partial charge < -0.3 is 24.2 Å². The molecule has 2 aromatic carbocycles. The maximum absolute atomic E-state index is 13.2. The first-order chi connectivity index (χ1) is 21.7. The van der Waals surface area contributed by atoms with E-state index in [1.54, 1.807) is 60.7 Å². The van der Waals surface area contributed by atoms with E-state index in [9.17, 15) is 19.5 Å². The molecule has 1 aliphatic rings. The van der Waals surface area contributed by atoms with Crippen LogP contribution in [0.1, 0.15) is 80.3 Å². The van der Waals surface area contributed by atoms with Crippen molar-refractivity contribution in [2.45, 2.75) is 76.9 Å². The molecule has 0 saturated heterocycles. The van der Waals surface area contributed by atoms with Crippen molar-refractivity contribution in [3.63, 3.8) is 0 Å². The molecule has 0 heterocycles. The van der Waals surface area contributed by atoms with Crippen molar-refractivity contribution in [1.82, 2.24) is 0 Å². The van der Waals surface area contributed by atoms with E-state index < -0.39 is 29.4 Å². The van der Waals surface area contributed by atoms with Gasteiger partial charge in [0.2, 0.25) is 5.75 Å². The highest BCUT2D eigenvalue weighted by molar-refractivity contribution is 5.90. The number of hydrogen-bond donors (Lipinski definition) is 1. The number of methoxy groups -OCH3 is 2. The summed E-state index contributed by atoms with van der Waals surface area (Å²) >= 11 is 0. The molecule has 242 valence electrons. The fraction of sp³-hybridized carbons (Fsp3) is 0.417. The summed E-state index contributed by atoms with van der Waals surface area (Å²) in [6.07, 6.45) is 15.8. The van der Waals surface area contributed by atoms with E-state index in [2.05, 4.69) is 11.7 Å². The summed E-state index contributed by atoms with van der Waals surface area (Å²) in [5.41, 5.74) is 0.957. The highest BCUT2D eigenvalue weighted by Gasteiger charge is 2.44. The van der Waals surface area contributed by atoms with Crippen LogP contribution in [-0.4, -0.2) is 48.9 Å². The van der Waals surface area contributed by atoms with Gasteiger partial charge in [0.15, 0.2) is 5.75 Å². The zero-order valence-corrected chi connectivity index (χ0v) is 26.5. The van der Waals surface area contributed by atoms with E-state index in [0.29, 0.717) is 42.7 Å². The largest absolute Gasteiger partial charge is 0.493 e. The van der Waals surface area contributed by atoms with Crippen LogP contribution in [0, 0.1) is 5.92 Å². The third-order valence-corrected chi connectivity index (χ3v) is 7.66. The molecule has 0 aliphatic heterocycles. The average Bonchev–Trinajstić information content (AvgIpc) is 3.05. The number of rotatable bonds is 18. The predicted octanol–water partition coefficient (Wildman–Crippen LogP) is 7.30. The number of carbonyl (C=O) groups excluding carboxylic acids is 2. The minimum absolute atomic E-state index is 0.292. The maximum Gasteiger partial charge on any atom is 0.339 e. The van der Waals surface area contributed by atoms with Crippen LogP contribution in [0.3, 0.4) is 0 Å². The first-order valence-electron chi connectivity index (χ1n) is 15.4. The van der Waals surface area contributed by atoms with Gasteiger partial charge in [-0.2, -0.15) is 4.89 Å². The van der Waals surface area contributed by atoms with E-state index in [4.69, 9.17) is 19.2 Å². The maximum atomic E-state index is 13.2. The molecule has 1 N–H and O–H groups in total. The van der Waals surface area contributed by atoms with Crippen molar-refractivity contribution < 1.29 is 43.5 Å². The second-order valence-corrected chi connectivity index (χ2v) is 11.1. The number of esters is 2. The van der Waals surface area contributed by atoms with Crippen LogP contribution >= 0.6 is 0 Å². The number of carbonyl (C=O) groups is 3. The molecule has 9 heteroatoms. The molecule has 0 spiro atoms. The molecule has 1 aliphatic carbocycles. The molecule has 3 atom stereocenters. The first-order valence-corrected chi connectivity index (χ1v) is 15.4. The van der Waals surface area contributed by atoms with Crippen molar-refractivity contribution in [2.24, 2.45) is 5.92 Å². The van der Waals surface area contributed by atoms with E-state index in [0.717, 1.165) is 36.8 Å². The van der Waals surface area contributed by atoms with Crippen molar-refractivity contribution in [3.05, 3.63) is 89.5 Å². The number of carboxylic acids is 1. The van der Waals surface area contributed by atoms with Gasteiger partial charge in [0.1, 0.15) is 17.6 Å². The molecule has 0 aromatic heterocycles. The van der Waals surface area contributed by atoms with Gasteiger partial charge in [-0.05, 0) is 86.6 Å². The smallest absolute Gasteiger partial charge is 0.339 e. The van der Waals surface area contributed by atoms with Crippen LogP contribution in [0.5, 0.6) is 11.5 Å². The Kier molecular flexibility index (Phi) is 13.9. The second-order valence-electron chi connectivity index (χ2n) is 11.1. The number of unbranched alkanes of at least 4 members (excludes halogenated alkanes) is 3. The van der Waals surface area contributed by atoms with Crippen LogP contribution in [0.4, 0.5) is 0 Å². The predicted molar refractivity (Wildman–Crippen MR) is 171 cm³/mol. The summed E-state index contributed by atoms with van der Waals surface area (Å²) in [4.78, 5) is 47.9. The van der Waals surface area contributed by atoms with Gasteiger partial charge in [-0.25, -0.2) is 9.59 Å². The van der Waals surface area contributed by atoms with Gasteiger partial charge >= 0.3 is 17.9 Å². The normalized spacial score (nSPS) is 18.0. The topological polar surface area (TPSA) is 118 Å². The molecule has 0 fully saturated rings. The fourth-order valence-corrected chi connectivity index (χ4v) is 5.06. The van der Waals surface area contributed by atoms with E-state index in [-0.39, 0.29) is 6.10 Å². The SMILES string of the molecule is CCCCCc1ccc(C(=O)OC2(CCCCC(C)OOc3ccc(C=CC(=O)OC)cc3OC)C=CC=CC2C(=O)O)cc1. The summed E-state index contributed by atoms with van der Waals surface area (Å²) in [6, 6.07) is 12.5. The first kappa shape index (κ1) is 35.1. The number of aryl methyl sites for hydroxylation is 1. The van der Waals surface area contributed by atoms with E-state index in [1.807, 2.05) is 19.1 Å². The molecule has 3 unspecified atom stereocenters. The van der Waals surface area contributed by atoms with Crippen LogP contribution in [-0.2, 0) is 30.4 Å². The Bertz CT molecular complexity index is 1360. The van der Waals surface area contributed by atoms with Crippen LogP contribution in [0.2, 0.25) is 0 Å². The van der Waals surface area contributed by atoms with Gasteiger partial charge in [0.05, 0.1) is 19.8 Å². The zero-order chi connectivity index (χ0) is 32.7. The van der Waals surface area contributed by atoms with Gasteiger partial charge in [0, 0.05) is 6.08 Å². The molecular weight excluding hydrogens is 576 g/mol. The van der Waals surface area contributed by atoms with Crippen molar-refractivity contribution >= 4 is 24.0 Å². The molecule has 9 nitrogen and oxygen atoms in total. The van der Waals surface area contributed by atoms with Gasteiger partial charge in [-0.15, -0.1) is 0 Å². The van der Waals surface area contributed by atoms with Crippen LogP contribution in [0.25, 0.3) is 6.08 Å². The highest BCUT2D eigenvalue weighted by Crippen LogP contribution is 2.36. The summed E-state index contributed by atoms with van der Waals surface area (Å²) in [5, 5.41) is 10.00. The van der Waals surface area contributed by atoms with Gasteiger partial charge in [0.25, 0.3) is 0 Å². The summed E-state index contributed by atoms with van der Waals surface area (Å²) in [5.74, 6) is -2.26. The third kappa shape index (κ3) is 10.6. The number of carboxylic acid groups (broad SMARTS) is 1. The Hall–Kier alpha value is -4.37. The molecular formula is C36H44O9. The fourth-order valence-electron chi connectivity index (χ4n) is 5.06. The second kappa shape index (κ2) is 17.8. The summed E-state index contributed by atoms with van der Waals surface area (Å²) in [7, 11) is 2.81. The molecule has 0 radical (unpaired) electrons. The number of benzene rings is 2. The third-order valence-electron chi connectivity index (χ3n) is 7.66. The summed E-state index contributed by atoms with van der Waals surface area (Å²) < 4.78 is 16.0. The lowest BCUT2D eigenvalue weighted by Crippen LogP contribution is -2.45. The molecule has 0 amide bonds. The molecule has 2 aromatic rings. The Balaban J connectivity index is 1.57. The van der Waals surface area contributed by atoms with Gasteiger partial charge in [-0.3, -0.25) is 4.79 Å². The Morgan fingerprint density at radius 2 is 1.76 bits per heavy atom. The van der Waals surface area contributed by atoms with Crippen LogP contribution in [0.15, 0.2) is 72.8 Å². The number of hydrogen-bond acceptors (Lipinski definition) is 8. The molecule has 3 rings (SSSR count). The Morgan fingerprint density at radius 1 is 0.978 bits per heavy atom. The van der Waals surface area contributed by atoms with Crippen molar-refractivity contribution in [1.29, 1.82) is 0 Å². The molecule has 0 bridgehead atoms. The monoisotopic (exact) mass is 620 g/mol. The highest BCUT2D eigenvalue weighted by atomic mass is 17.2. The standard InChI is InChI=1S/C36H44O9/c1-5-6-7-13-27-15-19-29(20-16-27)35(40)43-36(24-11-9-14-30(36)34(38)39)23-10-8-12-26(2)44-45-31-21-17-28(25-32(31)41-3)18-22-33(37)42-4/h9,11,14-22,24-26,30H,5-8,10,12-13,23H2,1-4H3,(H,38,39). The molecule has 0 saturated carbocycles. The molecule has 45 heavy (non-hydrogen) atoms. The van der Waals surface area contributed by atoms with Crippen molar-refractivity contribution in [3.8, 4) is 11.5 Å². The van der Waals surface area contributed by atoms with E-state index >= 15 is 0 Å². The van der Waals surface area contributed by atoms with E-state index in [1.165, 1.54) is 20.3 Å². The number of allylic oxidation sites excluding steroid dienone is 2. The summed E-state index contributed by atoms with van der Waals surface area (Å²) in [6.45, 7) is 4.03. The zero-order valence-electron chi connectivity index (χ0n) is 26.5. The Morgan fingerprint density at radius 3 is 2.44 bits per heavy atom. The van der Waals surface area contributed by atoms with Crippen LogP contribution < -0.4 is 9.62 Å². The lowest BCUT2D eigenvalue weighted by Gasteiger charge is -2.36. The number of aliphatic carboxylic acids is 1. The van der Waals surface area contributed by atoms with Gasteiger partial charge in [-0.1, -0.05) is 62.6 Å².